The number of benzene rings is 1. The third kappa shape index (κ3) is 3.26. The molecule has 0 radical (unpaired) electrons. The van der Waals surface area contributed by atoms with E-state index in [0.29, 0.717) is 6.61 Å². The molecule has 0 spiro atoms. The van der Waals surface area contributed by atoms with Crippen LogP contribution in [0, 0.1) is 6.92 Å². The molecule has 102 valence electrons. The summed E-state index contributed by atoms with van der Waals surface area (Å²) in [7, 11) is 0. The minimum Gasteiger partial charge on any atom is -0.494 e. The molecule has 1 aromatic heterocycles. The Kier molecular flexibility index (Phi) is 4.43. The summed E-state index contributed by atoms with van der Waals surface area (Å²) in [6, 6.07) is 3.99. The zero-order valence-corrected chi connectivity index (χ0v) is 12.2. The molecule has 1 unspecified atom stereocenters. The first-order valence-corrected chi connectivity index (χ1v) is 6.77. The lowest BCUT2D eigenvalue weighted by Gasteiger charge is -2.17. The fourth-order valence-corrected chi connectivity index (χ4v) is 2.26. The Hall–Kier alpha value is -1.55. The van der Waals surface area contributed by atoms with E-state index in [1.54, 1.807) is 6.20 Å². The first kappa shape index (κ1) is 13.9. The van der Waals surface area contributed by atoms with Gasteiger partial charge < -0.3 is 4.74 Å². The standard InChI is InChI=1S/C14H18ClN3O/c1-4-19-14-6-10(3)13(15)7-12(14)9(2)5-11-8-16-18-17-11/h6-9H,4-5H2,1-3H3,(H,16,17,18). The van der Waals surface area contributed by atoms with Crippen molar-refractivity contribution in [1.29, 1.82) is 0 Å². The van der Waals surface area contributed by atoms with Crippen LogP contribution < -0.4 is 4.74 Å². The van der Waals surface area contributed by atoms with Crippen LogP contribution in [0.2, 0.25) is 5.02 Å². The van der Waals surface area contributed by atoms with E-state index in [4.69, 9.17) is 16.3 Å². The van der Waals surface area contributed by atoms with Crippen LogP contribution in [-0.2, 0) is 6.42 Å². The van der Waals surface area contributed by atoms with Gasteiger partial charge in [0.25, 0.3) is 0 Å². The van der Waals surface area contributed by atoms with Gasteiger partial charge in [-0.2, -0.15) is 15.4 Å². The molecule has 0 saturated carbocycles. The van der Waals surface area contributed by atoms with Crippen LogP contribution >= 0.6 is 11.6 Å². The zero-order chi connectivity index (χ0) is 13.8. The number of ether oxygens (including phenoxy) is 1. The third-order valence-electron chi connectivity index (χ3n) is 3.10. The Labute approximate surface area is 118 Å². The molecule has 0 amide bonds. The van der Waals surface area contributed by atoms with Crippen molar-refractivity contribution in [3.05, 3.63) is 40.2 Å². The zero-order valence-electron chi connectivity index (χ0n) is 11.4. The smallest absolute Gasteiger partial charge is 0.123 e. The van der Waals surface area contributed by atoms with Gasteiger partial charge in [-0.15, -0.1) is 0 Å². The summed E-state index contributed by atoms with van der Waals surface area (Å²) in [5, 5.41) is 11.3. The van der Waals surface area contributed by atoms with Crippen LogP contribution in [0.15, 0.2) is 18.3 Å². The van der Waals surface area contributed by atoms with Gasteiger partial charge in [0.2, 0.25) is 0 Å². The summed E-state index contributed by atoms with van der Waals surface area (Å²) in [5.74, 6) is 1.17. The molecule has 0 aliphatic carbocycles. The summed E-state index contributed by atoms with van der Waals surface area (Å²) in [6.07, 6.45) is 2.54. The van der Waals surface area contributed by atoms with Crippen LogP contribution in [0.4, 0.5) is 0 Å². The van der Waals surface area contributed by atoms with Crippen molar-refractivity contribution in [2.24, 2.45) is 0 Å². The second kappa shape index (κ2) is 6.06. The lowest BCUT2D eigenvalue weighted by atomic mass is 9.94. The highest BCUT2D eigenvalue weighted by Gasteiger charge is 2.15. The van der Waals surface area contributed by atoms with Gasteiger partial charge in [-0.05, 0) is 49.4 Å². The summed E-state index contributed by atoms with van der Waals surface area (Å²) in [4.78, 5) is 0. The van der Waals surface area contributed by atoms with Crippen LogP contribution in [0.3, 0.4) is 0 Å². The van der Waals surface area contributed by atoms with E-state index in [9.17, 15) is 0 Å². The summed E-state index contributed by atoms with van der Waals surface area (Å²) in [6.45, 7) is 6.75. The molecule has 1 atom stereocenters. The third-order valence-corrected chi connectivity index (χ3v) is 3.51. The molecule has 0 bridgehead atoms. The number of H-pyrrole nitrogens is 1. The summed E-state index contributed by atoms with van der Waals surface area (Å²) < 4.78 is 5.71. The first-order valence-electron chi connectivity index (χ1n) is 6.39. The maximum absolute atomic E-state index is 6.22. The average molecular weight is 280 g/mol. The molecule has 2 aromatic rings. The Morgan fingerprint density at radius 2 is 2.21 bits per heavy atom. The Bertz CT molecular complexity index is 540. The van der Waals surface area contributed by atoms with E-state index >= 15 is 0 Å². The van der Waals surface area contributed by atoms with Gasteiger partial charge in [-0.25, -0.2) is 0 Å². The maximum atomic E-state index is 6.22. The van der Waals surface area contributed by atoms with Gasteiger partial charge in [0.05, 0.1) is 18.5 Å². The van der Waals surface area contributed by atoms with Crippen molar-refractivity contribution in [3.8, 4) is 5.75 Å². The lowest BCUT2D eigenvalue weighted by Crippen LogP contribution is -2.04. The molecule has 1 aromatic carbocycles. The number of aryl methyl sites for hydroxylation is 1. The Morgan fingerprint density at radius 3 is 2.84 bits per heavy atom. The molecule has 2 rings (SSSR count). The monoisotopic (exact) mass is 279 g/mol. The number of halogens is 1. The average Bonchev–Trinajstić information content (AvgIpc) is 2.86. The van der Waals surface area contributed by atoms with Crippen LogP contribution in [0.5, 0.6) is 5.75 Å². The van der Waals surface area contributed by atoms with Crippen molar-refractivity contribution in [2.75, 3.05) is 6.61 Å². The quantitative estimate of drug-likeness (QED) is 0.911. The van der Waals surface area contributed by atoms with E-state index in [2.05, 4.69) is 22.3 Å². The van der Waals surface area contributed by atoms with Crippen molar-refractivity contribution in [2.45, 2.75) is 33.1 Å². The predicted octanol–water partition coefficient (Wildman–Crippen LogP) is 3.51. The van der Waals surface area contributed by atoms with Crippen LogP contribution in [-0.4, -0.2) is 22.0 Å². The SMILES string of the molecule is CCOc1cc(C)c(Cl)cc1C(C)Cc1cn[nH]n1. The van der Waals surface area contributed by atoms with Gasteiger partial charge in [0.15, 0.2) is 0 Å². The second-order valence-corrected chi connectivity index (χ2v) is 5.05. The number of hydrogen-bond donors (Lipinski definition) is 1. The molecule has 4 nitrogen and oxygen atoms in total. The van der Waals surface area contributed by atoms with Crippen molar-refractivity contribution < 1.29 is 4.74 Å². The van der Waals surface area contributed by atoms with Gasteiger partial charge in [-0.3, -0.25) is 0 Å². The maximum Gasteiger partial charge on any atom is 0.123 e. The van der Waals surface area contributed by atoms with E-state index in [1.165, 1.54) is 0 Å². The normalized spacial score (nSPS) is 12.4. The number of rotatable bonds is 5. The lowest BCUT2D eigenvalue weighted by molar-refractivity contribution is 0.334. The van der Waals surface area contributed by atoms with E-state index in [1.807, 2.05) is 26.0 Å². The topological polar surface area (TPSA) is 50.8 Å². The first-order chi connectivity index (χ1) is 9.11. The molecular formula is C14H18ClN3O. The van der Waals surface area contributed by atoms with E-state index in [-0.39, 0.29) is 5.92 Å². The number of nitrogens with zero attached hydrogens (tertiary/aromatic N) is 2. The highest BCUT2D eigenvalue weighted by Crippen LogP contribution is 2.33. The van der Waals surface area contributed by atoms with E-state index in [0.717, 1.165) is 34.0 Å². The highest BCUT2D eigenvalue weighted by atomic mass is 35.5. The largest absolute Gasteiger partial charge is 0.494 e. The number of hydrogen-bond acceptors (Lipinski definition) is 3. The molecule has 0 aliphatic rings. The summed E-state index contributed by atoms with van der Waals surface area (Å²) in [5.41, 5.74) is 3.08. The van der Waals surface area contributed by atoms with Crippen molar-refractivity contribution in [3.63, 3.8) is 0 Å². The molecule has 1 heterocycles. The fourth-order valence-electron chi connectivity index (χ4n) is 2.08. The fraction of sp³-hybridized carbons (Fsp3) is 0.429. The number of aromatic nitrogens is 3. The van der Waals surface area contributed by atoms with Crippen LogP contribution in [0.1, 0.15) is 36.6 Å². The van der Waals surface area contributed by atoms with Gasteiger partial charge >= 0.3 is 0 Å². The molecule has 5 heteroatoms. The molecule has 1 N–H and O–H groups in total. The molecule has 0 aliphatic heterocycles. The van der Waals surface area contributed by atoms with Gasteiger partial charge in [0, 0.05) is 5.02 Å². The van der Waals surface area contributed by atoms with Crippen molar-refractivity contribution in [1.82, 2.24) is 15.4 Å². The Balaban J connectivity index is 2.28. The highest BCUT2D eigenvalue weighted by molar-refractivity contribution is 6.31. The predicted molar refractivity (Wildman–Crippen MR) is 75.9 cm³/mol. The summed E-state index contributed by atoms with van der Waals surface area (Å²) >= 11 is 6.22. The van der Waals surface area contributed by atoms with Crippen LogP contribution in [0.25, 0.3) is 0 Å². The Morgan fingerprint density at radius 1 is 1.42 bits per heavy atom. The van der Waals surface area contributed by atoms with E-state index < -0.39 is 0 Å². The molecule has 0 fully saturated rings. The number of aromatic amines is 1. The van der Waals surface area contributed by atoms with Gasteiger partial charge in [-0.1, -0.05) is 18.5 Å². The second-order valence-electron chi connectivity index (χ2n) is 4.64. The van der Waals surface area contributed by atoms with Gasteiger partial charge in [0.1, 0.15) is 5.75 Å². The minimum atomic E-state index is 0.268. The molecular weight excluding hydrogens is 262 g/mol. The number of nitrogens with one attached hydrogen (secondary N) is 1. The molecule has 0 saturated heterocycles. The molecule has 19 heavy (non-hydrogen) atoms. The minimum absolute atomic E-state index is 0.268. The van der Waals surface area contributed by atoms with Crippen molar-refractivity contribution >= 4 is 11.6 Å².